The van der Waals surface area contributed by atoms with Crippen LogP contribution in [-0.4, -0.2) is 15.3 Å². The molecule has 0 spiro atoms. The van der Waals surface area contributed by atoms with E-state index in [0.717, 1.165) is 9.09 Å². The number of halogens is 2. The van der Waals surface area contributed by atoms with Crippen molar-refractivity contribution in [3.05, 3.63) is 27.2 Å². The van der Waals surface area contributed by atoms with Crippen molar-refractivity contribution in [3.8, 4) is 0 Å². The summed E-state index contributed by atoms with van der Waals surface area (Å²) in [5.41, 5.74) is -0.265. The number of hydrogen-bond donors (Lipinski definition) is 2. The smallest absolute Gasteiger partial charge is 0.130 e. The van der Waals surface area contributed by atoms with Gasteiger partial charge in [-0.3, -0.25) is 5.10 Å². The molecule has 0 atom stereocenters. The maximum atomic E-state index is 13.7. The fourth-order valence-corrected chi connectivity index (χ4v) is 2.02. The summed E-state index contributed by atoms with van der Waals surface area (Å²) >= 11 is 2.06. The molecule has 15 heavy (non-hydrogen) atoms. The van der Waals surface area contributed by atoms with Crippen LogP contribution in [0.2, 0.25) is 0 Å². The Bertz CT molecular complexity index is 516. The van der Waals surface area contributed by atoms with Crippen LogP contribution in [0.1, 0.15) is 19.4 Å². The lowest BCUT2D eigenvalue weighted by Crippen LogP contribution is -2.17. The zero-order valence-electron chi connectivity index (χ0n) is 8.31. The van der Waals surface area contributed by atoms with Crippen molar-refractivity contribution in [2.45, 2.75) is 19.4 Å². The topological polar surface area (TPSA) is 48.9 Å². The Morgan fingerprint density at radius 3 is 2.73 bits per heavy atom. The van der Waals surface area contributed by atoms with E-state index >= 15 is 0 Å². The lowest BCUT2D eigenvalue weighted by molar-refractivity contribution is 0.0747. The lowest BCUT2D eigenvalue weighted by atomic mass is 9.97. The summed E-state index contributed by atoms with van der Waals surface area (Å²) < 4.78 is 14.5. The molecule has 2 aromatic rings. The third kappa shape index (κ3) is 1.85. The molecule has 0 aliphatic carbocycles. The average Bonchev–Trinajstić information content (AvgIpc) is 2.45. The number of benzene rings is 1. The predicted octanol–water partition coefficient (Wildman–Crippen LogP) is 2.53. The summed E-state index contributed by atoms with van der Waals surface area (Å²) in [5.74, 6) is -0.408. The molecule has 0 bridgehead atoms. The third-order valence-electron chi connectivity index (χ3n) is 2.26. The second kappa shape index (κ2) is 3.41. The monoisotopic (exact) mass is 320 g/mol. The normalized spacial score (nSPS) is 12.3. The summed E-state index contributed by atoms with van der Waals surface area (Å²) in [6, 6.07) is 2.97. The van der Waals surface area contributed by atoms with Gasteiger partial charge in [-0.15, -0.1) is 0 Å². The number of H-pyrrole nitrogens is 1. The van der Waals surface area contributed by atoms with Gasteiger partial charge in [-0.1, -0.05) is 0 Å². The van der Waals surface area contributed by atoms with Crippen LogP contribution in [-0.2, 0) is 5.60 Å². The summed E-state index contributed by atoms with van der Waals surface area (Å²) in [6.45, 7) is 3.10. The largest absolute Gasteiger partial charge is 0.386 e. The fourth-order valence-electron chi connectivity index (χ4n) is 1.47. The van der Waals surface area contributed by atoms with Gasteiger partial charge in [0.05, 0.1) is 11.1 Å². The number of aliphatic hydroxyl groups is 1. The van der Waals surface area contributed by atoms with Gasteiger partial charge >= 0.3 is 0 Å². The summed E-state index contributed by atoms with van der Waals surface area (Å²) in [4.78, 5) is 0. The van der Waals surface area contributed by atoms with Crippen LogP contribution in [0.5, 0.6) is 0 Å². The lowest BCUT2D eigenvalue weighted by Gasteiger charge is -2.18. The van der Waals surface area contributed by atoms with Crippen molar-refractivity contribution in [1.82, 2.24) is 10.2 Å². The average molecular weight is 320 g/mol. The first-order chi connectivity index (χ1) is 6.89. The summed E-state index contributed by atoms with van der Waals surface area (Å²) in [5, 5.41) is 17.3. The molecule has 0 aliphatic heterocycles. The Kier molecular flexibility index (Phi) is 2.46. The van der Waals surface area contributed by atoms with E-state index < -0.39 is 11.4 Å². The van der Waals surface area contributed by atoms with Crippen LogP contribution in [0.15, 0.2) is 12.1 Å². The molecule has 1 aromatic heterocycles. The maximum Gasteiger partial charge on any atom is 0.130 e. The molecule has 80 valence electrons. The number of nitrogens with one attached hydrogen (secondary N) is 1. The Morgan fingerprint density at radius 2 is 2.13 bits per heavy atom. The molecule has 0 amide bonds. The zero-order chi connectivity index (χ0) is 11.2. The number of aromatic nitrogens is 2. The first-order valence-electron chi connectivity index (χ1n) is 4.45. The van der Waals surface area contributed by atoms with Gasteiger partial charge < -0.3 is 5.11 Å². The van der Waals surface area contributed by atoms with Gasteiger partial charge in [0.2, 0.25) is 0 Å². The minimum Gasteiger partial charge on any atom is -0.386 e. The molecule has 1 heterocycles. The highest BCUT2D eigenvalue weighted by atomic mass is 127. The van der Waals surface area contributed by atoms with E-state index in [0.29, 0.717) is 5.52 Å². The Hall–Kier alpha value is -0.690. The van der Waals surface area contributed by atoms with Crippen molar-refractivity contribution >= 4 is 33.5 Å². The van der Waals surface area contributed by atoms with E-state index in [1.54, 1.807) is 19.9 Å². The number of nitrogens with zero attached hydrogens (tertiary/aromatic N) is 1. The molecule has 0 fully saturated rings. The number of aromatic amines is 1. The van der Waals surface area contributed by atoms with Crippen molar-refractivity contribution in [2.24, 2.45) is 0 Å². The van der Waals surface area contributed by atoms with E-state index in [9.17, 15) is 9.50 Å². The Labute approximate surface area is 99.8 Å². The molecular formula is C10H10FIN2O. The highest BCUT2D eigenvalue weighted by Crippen LogP contribution is 2.28. The van der Waals surface area contributed by atoms with Crippen LogP contribution in [0.3, 0.4) is 0 Å². The second-order valence-corrected chi connectivity index (χ2v) is 5.02. The molecule has 0 radical (unpaired) electrons. The van der Waals surface area contributed by atoms with Gasteiger partial charge in [-0.05, 0) is 48.6 Å². The van der Waals surface area contributed by atoms with E-state index in [2.05, 4.69) is 32.8 Å². The molecule has 1 aromatic carbocycles. The molecule has 2 N–H and O–H groups in total. The first-order valence-corrected chi connectivity index (χ1v) is 5.53. The van der Waals surface area contributed by atoms with Crippen molar-refractivity contribution in [1.29, 1.82) is 0 Å². The van der Waals surface area contributed by atoms with E-state index in [4.69, 9.17) is 0 Å². The fraction of sp³-hybridized carbons (Fsp3) is 0.300. The number of rotatable bonds is 1. The Morgan fingerprint density at radius 1 is 1.47 bits per heavy atom. The van der Waals surface area contributed by atoms with Gasteiger partial charge in [-0.25, -0.2) is 4.39 Å². The quantitative estimate of drug-likeness (QED) is 0.794. The minimum atomic E-state index is -1.19. The molecule has 5 heteroatoms. The Balaban J connectivity index is 2.74. The van der Waals surface area contributed by atoms with E-state index in [1.165, 1.54) is 6.07 Å². The second-order valence-electron chi connectivity index (χ2n) is 3.95. The van der Waals surface area contributed by atoms with Crippen molar-refractivity contribution in [3.63, 3.8) is 0 Å². The molecule has 0 aliphatic rings. The van der Waals surface area contributed by atoms with Gasteiger partial charge in [0.25, 0.3) is 0 Å². The molecule has 0 unspecified atom stereocenters. The van der Waals surface area contributed by atoms with Crippen molar-refractivity contribution in [2.75, 3.05) is 0 Å². The van der Waals surface area contributed by atoms with E-state index in [1.807, 2.05) is 0 Å². The first kappa shape index (κ1) is 10.8. The van der Waals surface area contributed by atoms with Crippen LogP contribution in [0.4, 0.5) is 4.39 Å². The van der Waals surface area contributed by atoms with Crippen LogP contribution in [0.25, 0.3) is 10.9 Å². The van der Waals surface area contributed by atoms with Gasteiger partial charge in [0.1, 0.15) is 9.52 Å². The van der Waals surface area contributed by atoms with Gasteiger partial charge in [0.15, 0.2) is 0 Å². The minimum absolute atomic E-state index is 0.262. The van der Waals surface area contributed by atoms with Gasteiger partial charge in [-0.2, -0.15) is 5.10 Å². The van der Waals surface area contributed by atoms with Crippen LogP contribution < -0.4 is 0 Å². The van der Waals surface area contributed by atoms with Crippen LogP contribution >= 0.6 is 22.6 Å². The SMILES string of the molecule is CC(C)(O)c1cc2n[nH]c(I)c2cc1F. The molecule has 0 saturated heterocycles. The van der Waals surface area contributed by atoms with Gasteiger partial charge in [0, 0.05) is 10.9 Å². The highest BCUT2D eigenvalue weighted by Gasteiger charge is 2.22. The predicted molar refractivity (Wildman–Crippen MR) is 64.0 cm³/mol. The molecule has 2 rings (SSSR count). The molecule has 0 saturated carbocycles. The molecular weight excluding hydrogens is 310 g/mol. The number of fused-ring (bicyclic) bond motifs is 1. The summed E-state index contributed by atoms with van der Waals surface area (Å²) in [6.07, 6.45) is 0. The summed E-state index contributed by atoms with van der Waals surface area (Å²) in [7, 11) is 0. The van der Waals surface area contributed by atoms with E-state index in [-0.39, 0.29) is 5.56 Å². The maximum absolute atomic E-state index is 13.7. The molecule has 3 nitrogen and oxygen atoms in total. The number of hydrogen-bond acceptors (Lipinski definition) is 2. The van der Waals surface area contributed by atoms with Crippen LogP contribution in [0, 0.1) is 9.52 Å². The van der Waals surface area contributed by atoms with Crippen molar-refractivity contribution < 1.29 is 9.50 Å². The standard InChI is InChI=1S/C10H10FIN2O/c1-10(2,15)6-4-8-5(3-7(6)11)9(12)14-13-8/h3-4,15H,1-2H3,(H,13,14). The highest BCUT2D eigenvalue weighted by molar-refractivity contribution is 14.1. The zero-order valence-corrected chi connectivity index (χ0v) is 10.5. The third-order valence-corrected chi connectivity index (χ3v) is 3.08.